The fourth-order valence-corrected chi connectivity index (χ4v) is 3.07. The summed E-state index contributed by atoms with van der Waals surface area (Å²) in [5.74, 6) is -1.18. The molecule has 1 atom stereocenters. The van der Waals surface area contributed by atoms with E-state index in [4.69, 9.17) is 0 Å². The van der Waals surface area contributed by atoms with Gasteiger partial charge in [0.2, 0.25) is 0 Å². The summed E-state index contributed by atoms with van der Waals surface area (Å²) < 4.78 is 13.6. The normalized spacial score (nSPS) is 15.5. The summed E-state index contributed by atoms with van der Waals surface area (Å²) in [7, 11) is 0. The second-order valence-corrected chi connectivity index (χ2v) is 6.71. The summed E-state index contributed by atoms with van der Waals surface area (Å²) in [5, 5.41) is 13.2. The number of β-amino-alcohol motifs (C(OH)–C–C–N with tert-alkyl or cyclic N) is 1. The van der Waals surface area contributed by atoms with Crippen molar-refractivity contribution in [3.05, 3.63) is 65.0 Å². The first kappa shape index (κ1) is 18.1. The molecular formula is C20H21FN2O3. The number of hydrogen-bond acceptors (Lipinski definition) is 3. The van der Waals surface area contributed by atoms with Crippen molar-refractivity contribution in [3.63, 3.8) is 0 Å². The summed E-state index contributed by atoms with van der Waals surface area (Å²) in [5.41, 5.74) is 0.574. The highest BCUT2D eigenvalue weighted by atomic mass is 19.1. The first-order valence-corrected chi connectivity index (χ1v) is 8.51. The molecule has 2 aromatic carbocycles. The van der Waals surface area contributed by atoms with Gasteiger partial charge in [-0.15, -0.1) is 0 Å². The number of aryl methyl sites for hydroxylation is 1. The number of fused-ring (bicyclic) bond motifs is 1. The van der Waals surface area contributed by atoms with Crippen LogP contribution in [0.1, 0.15) is 35.3 Å². The molecule has 0 aliphatic carbocycles. The van der Waals surface area contributed by atoms with Gasteiger partial charge < -0.3 is 15.3 Å². The molecule has 0 bridgehead atoms. The number of carbonyl (C=O) groups is 2. The summed E-state index contributed by atoms with van der Waals surface area (Å²) in [4.78, 5) is 26.4. The van der Waals surface area contributed by atoms with E-state index < -0.39 is 11.5 Å². The van der Waals surface area contributed by atoms with Crippen LogP contribution in [0.15, 0.2) is 42.5 Å². The lowest BCUT2D eigenvalue weighted by Gasteiger charge is -2.28. The van der Waals surface area contributed by atoms with Crippen LogP contribution >= 0.6 is 0 Å². The highest BCUT2D eigenvalue weighted by Crippen LogP contribution is 2.25. The van der Waals surface area contributed by atoms with Crippen molar-refractivity contribution < 1.29 is 19.1 Å². The molecular weight excluding hydrogens is 335 g/mol. The molecule has 0 saturated heterocycles. The van der Waals surface area contributed by atoms with Gasteiger partial charge in [-0.3, -0.25) is 9.59 Å². The van der Waals surface area contributed by atoms with Gasteiger partial charge in [0.05, 0.1) is 6.54 Å². The number of aliphatic hydroxyl groups is 1. The molecule has 1 aliphatic heterocycles. The SMILES string of the molecule is CCc1cc(NC(=O)C(C)(O)CN2Cc3ccccc3C2=O)ccc1F. The second kappa shape index (κ2) is 6.88. The van der Waals surface area contributed by atoms with Gasteiger partial charge in [-0.2, -0.15) is 0 Å². The molecule has 26 heavy (non-hydrogen) atoms. The number of carbonyl (C=O) groups excluding carboxylic acids is 2. The predicted molar refractivity (Wildman–Crippen MR) is 96.2 cm³/mol. The van der Waals surface area contributed by atoms with E-state index in [-0.39, 0.29) is 18.3 Å². The van der Waals surface area contributed by atoms with Gasteiger partial charge in [-0.05, 0) is 48.7 Å². The third kappa shape index (κ3) is 3.46. The van der Waals surface area contributed by atoms with Crippen LogP contribution in [0.5, 0.6) is 0 Å². The zero-order chi connectivity index (χ0) is 18.9. The first-order chi connectivity index (χ1) is 12.3. The van der Waals surface area contributed by atoms with Gasteiger partial charge in [0.15, 0.2) is 5.60 Å². The Bertz CT molecular complexity index is 864. The number of nitrogens with zero attached hydrogens (tertiary/aromatic N) is 1. The second-order valence-electron chi connectivity index (χ2n) is 6.71. The van der Waals surface area contributed by atoms with Crippen molar-refractivity contribution in [2.24, 2.45) is 0 Å². The largest absolute Gasteiger partial charge is 0.378 e. The van der Waals surface area contributed by atoms with Gasteiger partial charge in [-0.1, -0.05) is 25.1 Å². The monoisotopic (exact) mass is 356 g/mol. The Balaban J connectivity index is 1.70. The number of rotatable bonds is 5. The maximum atomic E-state index is 13.6. The van der Waals surface area contributed by atoms with Gasteiger partial charge in [-0.25, -0.2) is 4.39 Å². The highest BCUT2D eigenvalue weighted by molar-refractivity contribution is 6.00. The molecule has 2 N–H and O–H groups in total. The lowest BCUT2D eigenvalue weighted by molar-refractivity contribution is -0.133. The molecule has 6 heteroatoms. The van der Waals surface area contributed by atoms with Crippen LogP contribution in [-0.4, -0.2) is 34.0 Å². The molecule has 1 aliphatic rings. The molecule has 3 rings (SSSR count). The summed E-state index contributed by atoms with van der Waals surface area (Å²) in [6.45, 7) is 3.41. The Kier molecular flexibility index (Phi) is 4.78. The molecule has 2 aromatic rings. The summed E-state index contributed by atoms with van der Waals surface area (Å²) >= 11 is 0. The van der Waals surface area contributed by atoms with Crippen LogP contribution in [0, 0.1) is 5.82 Å². The fraction of sp³-hybridized carbons (Fsp3) is 0.300. The third-order valence-electron chi connectivity index (χ3n) is 4.57. The molecule has 5 nitrogen and oxygen atoms in total. The molecule has 0 fully saturated rings. The van der Waals surface area contributed by atoms with E-state index in [0.717, 1.165) is 5.56 Å². The van der Waals surface area contributed by atoms with E-state index in [1.165, 1.54) is 24.0 Å². The molecule has 0 spiro atoms. The Hall–Kier alpha value is -2.73. The minimum absolute atomic E-state index is 0.131. The number of nitrogens with one attached hydrogen (secondary N) is 1. The van der Waals surface area contributed by atoms with Gasteiger partial charge in [0.25, 0.3) is 11.8 Å². The Morgan fingerprint density at radius 3 is 2.73 bits per heavy atom. The number of halogens is 1. The van der Waals surface area contributed by atoms with Crippen molar-refractivity contribution in [2.75, 3.05) is 11.9 Å². The number of anilines is 1. The Morgan fingerprint density at radius 2 is 2.04 bits per heavy atom. The average molecular weight is 356 g/mol. The van der Waals surface area contributed by atoms with E-state index in [2.05, 4.69) is 5.32 Å². The van der Waals surface area contributed by atoms with E-state index in [0.29, 0.717) is 29.8 Å². The summed E-state index contributed by atoms with van der Waals surface area (Å²) in [6, 6.07) is 11.5. The fourth-order valence-electron chi connectivity index (χ4n) is 3.07. The molecule has 0 radical (unpaired) electrons. The van der Waals surface area contributed by atoms with E-state index in [1.54, 1.807) is 18.2 Å². The van der Waals surface area contributed by atoms with Gasteiger partial charge in [0.1, 0.15) is 5.82 Å². The first-order valence-electron chi connectivity index (χ1n) is 8.51. The minimum Gasteiger partial charge on any atom is -0.378 e. The van der Waals surface area contributed by atoms with E-state index in [1.807, 2.05) is 19.1 Å². The zero-order valence-electron chi connectivity index (χ0n) is 14.8. The van der Waals surface area contributed by atoms with Crippen molar-refractivity contribution in [3.8, 4) is 0 Å². The molecule has 2 amide bonds. The topological polar surface area (TPSA) is 69.6 Å². The lowest BCUT2D eigenvalue weighted by Crippen LogP contribution is -2.49. The highest BCUT2D eigenvalue weighted by Gasteiger charge is 2.37. The molecule has 0 saturated carbocycles. The molecule has 1 unspecified atom stereocenters. The number of benzene rings is 2. The zero-order valence-corrected chi connectivity index (χ0v) is 14.8. The third-order valence-corrected chi connectivity index (χ3v) is 4.57. The van der Waals surface area contributed by atoms with Crippen LogP contribution in [0.3, 0.4) is 0 Å². The van der Waals surface area contributed by atoms with Gasteiger partial charge >= 0.3 is 0 Å². The van der Waals surface area contributed by atoms with E-state index >= 15 is 0 Å². The quantitative estimate of drug-likeness (QED) is 0.865. The van der Waals surface area contributed by atoms with Crippen LogP contribution in [0.2, 0.25) is 0 Å². The number of amides is 2. The average Bonchev–Trinajstić information content (AvgIpc) is 2.92. The Labute approximate surface area is 151 Å². The summed E-state index contributed by atoms with van der Waals surface area (Å²) in [6.07, 6.45) is 0.493. The van der Waals surface area contributed by atoms with Crippen molar-refractivity contribution in [1.82, 2.24) is 4.90 Å². The van der Waals surface area contributed by atoms with Crippen LogP contribution in [0.25, 0.3) is 0 Å². The molecule has 0 aromatic heterocycles. The smallest absolute Gasteiger partial charge is 0.257 e. The van der Waals surface area contributed by atoms with Crippen molar-refractivity contribution in [1.29, 1.82) is 0 Å². The van der Waals surface area contributed by atoms with Crippen molar-refractivity contribution >= 4 is 17.5 Å². The minimum atomic E-state index is -1.78. The standard InChI is InChI=1S/C20H21FN2O3/c1-3-13-10-15(8-9-17(13)21)22-19(25)20(2,26)12-23-11-14-6-4-5-7-16(14)18(23)24/h4-10,26H,3,11-12H2,1-2H3,(H,22,25). The van der Waals surface area contributed by atoms with Crippen LogP contribution < -0.4 is 5.32 Å². The van der Waals surface area contributed by atoms with Crippen LogP contribution in [0.4, 0.5) is 10.1 Å². The van der Waals surface area contributed by atoms with E-state index in [9.17, 15) is 19.1 Å². The van der Waals surface area contributed by atoms with Crippen molar-refractivity contribution in [2.45, 2.75) is 32.4 Å². The molecule has 1 heterocycles. The maximum absolute atomic E-state index is 13.6. The Morgan fingerprint density at radius 1 is 1.31 bits per heavy atom. The van der Waals surface area contributed by atoms with Crippen LogP contribution in [-0.2, 0) is 17.8 Å². The maximum Gasteiger partial charge on any atom is 0.257 e. The molecule has 136 valence electrons. The lowest BCUT2D eigenvalue weighted by atomic mass is 10.0. The van der Waals surface area contributed by atoms with Gasteiger partial charge in [0, 0.05) is 17.8 Å². The predicted octanol–water partition coefficient (Wildman–Crippen LogP) is 2.73. The number of hydrogen-bond donors (Lipinski definition) is 2.